The summed E-state index contributed by atoms with van der Waals surface area (Å²) >= 11 is 5.89. The lowest BCUT2D eigenvalue weighted by atomic mass is 10.2. The van der Waals surface area contributed by atoms with Crippen LogP contribution in [0.2, 0.25) is 5.02 Å². The van der Waals surface area contributed by atoms with Gasteiger partial charge in [-0.3, -0.25) is 4.79 Å². The number of amides is 1. The molecule has 2 rings (SSSR count). The van der Waals surface area contributed by atoms with Gasteiger partial charge in [0.1, 0.15) is 5.82 Å². The fourth-order valence-electron chi connectivity index (χ4n) is 1.68. The second-order valence-corrected chi connectivity index (χ2v) is 4.85. The van der Waals surface area contributed by atoms with Crippen LogP contribution in [0.5, 0.6) is 0 Å². The maximum absolute atomic E-state index is 13.4. The van der Waals surface area contributed by atoms with Crippen molar-refractivity contribution in [2.45, 2.75) is 19.4 Å². The van der Waals surface area contributed by atoms with Crippen molar-refractivity contribution in [1.29, 1.82) is 0 Å². The Kier molecular flexibility index (Phi) is 4.55. The first-order valence-corrected chi connectivity index (χ1v) is 6.47. The molecule has 1 aromatic rings. The maximum Gasteiger partial charge on any atom is 0.223 e. The van der Waals surface area contributed by atoms with Gasteiger partial charge in [-0.15, -0.1) is 0 Å². The van der Waals surface area contributed by atoms with E-state index in [9.17, 15) is 9.18 Å². The fourth-order valence-corrected chi connectivity index (χ4v) is 1.91. The third-order valence-electron chi connectivity index (χ3n) is 2.91. The van der Waals surface area contributed by atoms with E-state index in [1.54, 1.807) is 12.1 Å². The Morgan fingerprint density at radius 2 is 2.17 bits per heavy atom. The molecule has 0 aromatic heterocycles. The largest absolute Gasteiger partial charge is 0.355 e. The van der Waals surface area contributed by atoms with E-state index in [1.807, 2.05) is 0 Å². The normalized spacial score (nSPS) is 14.6. The van der Waals surface area contributed by atoms with Crippen LogP contribution in [-0.4, -0.2) is 19.0 Å². The summed E-state index contributed by atoms with van der Waals surface area (Å²) in [6, 6.07) is 4.63. The zero-order valence-corrected chi connectivity index (χ0v) is 10.8. The molecule has 0 atom stereocenters. The molecule has 1 fully saturated rings. The molecule has 18 heavy (non-hydrogen) atoms. The monoisotopic (exact) mass is 270 g/mol. The molecule has 1 saturated carbocycles. The van der Waals surface area contributed by atoms with Gasteiger partial charge in [0.25, 0.3) is 0 Å². The van der Waals surface area contributed by atoms with E-state index in [1.165, 1.54) is 6.07 Å². The van der Waals surface area contributed by atoms with Gasteiger partial charge in [0.2, 0.25) is 5.91 Å². The van der Waals surface area contributed by atoms with E-state index < -0.39 is 0 Å². The molecule has 98 valence electrons. The highest BCUT2D eigenvalue weighted by Crippen LogP contribution is 2.28. The van der Waals surface area contributed by atoms with E-state index in [0.717, 1.165) is 12.8 Å². The predicted molar refractivity (Wildman–Crippen MR) is 68.9 cm³/mol. The molecule has 0 radical (unpaired) electrons. The molecule has 1 aliphatic rings. The van der Waals surface area contributed by atoms with Crippen LogP contribution in [0.1, 0.15) is 18.4 Å². The van der Waals surface area contributed by atoms with Crippen molar-refractivity contribution in [3.63, 3.8) is 0 Å². The van der Waals surface area contributed by atoms with Crippen molar-refractivity contribution in [2.75, 3.05) is 13.1 Å². The highest BCUT2D eigenvalue weighted by molar-refractivity contribution is 6.31. The highest BCUT2D eigenvalue weighted by Gasteiger charge is 2.28. The molecule has 0 unspecified atom stereocenters. The number of hydrogen-bond donors (Lipinski definition) is 2. The summed E-state index contributed by atoms with van der Waals surface area (Å²) in [6.07, 6.45) is 2.01. The van der Waals surface area contributed by atoms with Gasteiger partial charge >= 0.3 is 0 Å². The molecule has 5 heteroatoms. The summed E-state index contributed by atoms with van der Waals surface area (Å²) in [5, 5.41) is 6.31. The molecular weight excluding hydrogens is 255 g/mol. The topological polar surface area (TPSA) is 41.1 Å². The van der Waals surface area contributed by atoms with Crippen molar-refractivity contribution < 1.29 is 9.18 Å². The van der Waals surface area contributed by atoms with E-state index in [0.29, 0.717) is 30.2 Å². The molecule has 0 heterocycles. The third-order valence-corrected chi connectivity index (χ3v) is 3.27. The van der Waals surface area contributed by atoms with Gasteiger partial charge in [0.15, 0.2) is 0 Å². The standard InChI is InChI=1S/C13H16ClFN2O/c14-11-2-1-3-12(15)10(11)8-16-6-7-17-13(18)9-4-5-9/h1-3,9,16H,4-8H2,(H,17,18). The summed E-state index contributed by atoms with van der Waals surface area (Å²) in [6.45, 7) is 1.52. The second-order valence-electron chi connectivity index (χ2n) is 4.44. The smallest absolute Gasteiger partial charge is 0.223 e. The lowest BCUT2D eigenvalue weighted by Gasteiger charge is -2.08. The molecule has 0 bridgehead atoms. The number of nitrogens with one attached hydrogen (secondary N) is 2. The zero-order chi connectivity index (χ0) is 13.0. The van der Waals surface area contributed by atoms with Crippen molar-refractivity contribution in [3.05, 3.63) is 34.6 Å². The Bertz CT molecular complexity index is 415. The van der Waals surface area contributed by atoms with Gasteiger partial charge in [-0.05, 0) is 25.0 Å². The quantitative estimate of drug-likeness (QED) is 0.778. The Labute approximate surface area is 111 Å². The highest BCUT2D eigenvalue weighted by atomic mass is 35.5. The summed E-state index contributed by atoms with van der Waals surface area (Å²) in [5.41, 5.74) is 0.465. The van der Waals surface area contributed by atoms with Crippen LogP contribution in [0.4, 0.5) is 4.39 Å². The van der Waals surface area contributed by atoms with Gasteiger partial charge in [-0.2, -0.15) is 0 Å². The molecular formula is C13H16ClFN2O. The fraction of sp³-hybridized carbons (Fsp3) is 0.462. The Hall–Kier alpha value is -1.13. The van der Waals surface area contributed by atoms with Crippen LogP contribution < -0.4 is 10.6 Å². The van der Waals surface area contributed by atoms with Crippen LogP contribution in [0.3, 0.4) is 0 Å². The van der Waals surface area contributed by atoms with Gasteiger partial charge in [-0.25, -0.2) is 4.39 Å². The lowest BCUT2D eigenvalue weighted by molar-refractivity contribution is -0.122. The molecule has 2 N–H and O–H groups in total. The van der Waals surface area contributed by atoms with Gasteiger partial charge in [0, 0.05) is 36.1 Å². The molecule has 0 saturated heterocycles. The van der Waals surface area contributed by atoms with Crippen LogP contribution in [0.25, 0.3) is 0 Å². The van der Waals surface area contributed by atoms with Crippen molar-refractivity contribution >= 4 is 17.5 Å². The van der Waals surface area contributed by atoms with Crippen LogP contribution in [0.15, 0.2) is 18.2 Å². The number of hydrogen-bond acceptors (Lipinski definition) is 2. The van der Waals surface area contributed by atoms with E-state index in [4.69, 9.17) is 11.6 Å². The summed E-state index contributed by atoms with van der Waals surface area (Å²) in [7, 11) is 0. The molecule has 1 aromatic carbocycles. The Balaban J connectivity index is 1.67. The first-order valence-electron chi connectivity index (χ1n) is 6.10. The second kappa shape index (κ2) is 6.16. The minimum absolute atomic E-state index is 0.126. The third kappa shape index (κ3) is 3.68. The van der Waals surface area contributed by atoms with Crippen molar-refractivity contribution in [3.8, 4) is 0 Å². The SMILES string of the molecule is O=C(NCCNCc1c(F)cccc1Cl)C1CC1. The summed E-state index contributed by atoms with van der Waals surface area (Å²) < 4.78 is 13.4. The molecule has 1 aliphatic carbocycles. The van der Waals surface area contributed by atoms with Crippen LogP contribution >= 0.6 is 11.6 Å². The molecule has 1 amide bonds. The zero-order valence-electron chi connectivity index (χ0n) is 10.0. The summed E-state index contributed by atoms with van der Waals surface area (Å²) in [5.74, 6) is 0.0451. The predicted octanol–water partition coefficient (Wildman–Crippen LogP) is 2.09. The van der Waals surface area contributed by atoms with E-state index >= 15 is 0 Å². The van der Waals surface area contributed by atoms with Crippen molar-refractivity contribution in [1.82, 2.24) is 10.6 Å². The minimum atomic E-state index is -0.308. The van der Waals surface area contributed by atoms with Crippen molar-refractivity contribution in [2.24, 2.45) is 5.92 Å². The average Bonchev–Trinajstić information content (AvgIpc) is 3.15. The van der Waals surface area contributed by atoms with Gasteiger partial charge in [0.05, 0.1) is 0 Å². The molecule has 0 spiro atoms. The van der Waals surface area contributed by atoms with Gasteiger partial charge in [-0.1, -0.05) is 17.7 Å². The summed E-state index contributed by atoms with van der Waals surface area (Å²) in [4.78, 5) is 11.3. The number of halogens is 2. The number of rotatable bonds is 6. The average molecular weight is 271 g/mol. The van der Waals surface area contributed by atoms with Gasteiger partial charge < -0.3 is 10.6 Å². The van der Waals surface area contributed by atoms with Crippen LogP contribution in [0, 0.1) is 11.7 Å². The first kappa shape index (κ1) is 13.3. The minimum Gasteiger partial charge on any atom is -0.355 e. The van der Waals surface area contributed by atoms with E-state index in [2.05, 4.69) is 10.6 Å². The van der Waals surface area contributed by atoms with Crippen LogP contribution in [-0.2, 0) is 11.3 Å². The Morgan fingerprint density at radius 3 is 2.83 bits per heavy atom. The number of carbonyl (C=O) groups is 1. The lowest BCUT2D eigenvalue weighted by Crippen LogP contribution is -2.32. The Morgan fingerprint density at radius 1 is 1.39 bits per heavy atom. The molecule has 3 nitrogen and oxygen atoms in total. The number of carbonyl (C=O) groups excluding carboxylic acids is 1. The van der Waals surface area contributed by atoms with E-state index in [-0.39, 0.29) is 17.6 Å². The first-order chi connectivity index (χ1) is 8.68. The number of benzene rings is 1. The molecule has 0 aliphatic heterocycles. The maximum atomic E-state index is 13.4.